The molecule has 0 bridgehead atoms. The third-order valence-electron chi connectivity index (χ3n) is 4.68. The van der Waals surface area contributed by atoms with E-state index in [0.29, 0.717) is 0 Å². The molecule has 1 unspecified atom stereocenters. The molecule has 3 nitrogen and oxygen atoms in total. The summed E-state index contributed by atoms with van der Waals surface area (Å²) in [5.74, 6) is 0.190. The Morgan fingerprint density at radius 3 is 2.96 bits per heavy atom. The van der Waals surface area contributed by atoms with Crippen molar-refractivity contribution in [2.24, 2.45) is 0 Å². The molecule has 0 saturated carbocycles. The van der Waals surface area contributed by atoms with Crippen LogP contribution in [0.25, 0.3) is 11.1 Å². The van der Waals surface area contributed by atoms with Gasteiger partial charge in [-0.25, -0.2) is 4.39 Å². The SMILES string of the molecule is Fc1ccccc1C1CCCN(Cn2cc(-c3ccsc3)cn2)C1. The Morgan fingerprint density at radius 2 is 2.12 bits per heavy atom. The average Bonchev–Trinajstić information content (AvgIpc) is 3.27. The van der Waals surface area contributed by atoms with Gasteiger partial charge in [-0.1, -0.05) is 18.2 Å². The van der Waals surface area contributed by atoms with E-state index in [2.05, 4.69) is 33.0 Å². The monoisotopic (exact) mass is 341 g/mol. The van der Waals surface area contributed by atoms with Crippen LogP contribution < -0.4 is 0 Å². The molecule has 1 fully saturated rings. The van der Waals surface area contributed by atoms with Crippen LogP contribution in [0.1, 0.15) is 24.3 Å². The Kier molecular flexibility index (Phi) is 4.45. The number of aromatic nitrogens is 2. The number of nitrogens with zero attached hydrogens (tertiary/aromatic N) is 3. The first-order chi connectivity index (χ1) is 11.8. The lowest BCUT2D eigenvalue weighted by atomic mass is 9.90. The fourth-order valence-electron chi connectivity index (χ4n) is 3.47. The van der Waals surface area contributed by atoms with Gasteiger partial charge in [-0.3, -0.25) is 9.58 Å². The molecule has 1 aliphatic rings. The summed E-state index contributed by atoms with van der Waals surface area (Å²) in [6, 6.07) is 9.29. The van der Waals surface area contributed by atoms with E-state index < -0.39 is 0 Å². The predicted octanol–water partition coefficient (Wildman–Crippen LogP) is 4.59. The number of halogens is 1. The highest BCUT2D eigenvalue weighted by molar-refractivity contribution is 7.08. The van der Waals surface area contributed by atoms with Gasteiger partial charge in [0, 0.05) is 18.3 Å². The summed E-state index contributed by atoms with van der Waals surface area (Å²) >= 11 is 1.70. The molecule has 0 spiro atoms. The molecule has 5 heteroatoms. The van der Waals surface area contributed by atoms with E-state index in [1.165, 1.54) is 5.56 Å². The number of likely N-dealkylation sites (tertiary alicyclic amines) is 1. The molecule has 1 aliphatic heterocycles. The van der Waals surface area contributed by atoms with E-state index >= 15 is 0 Å². The van der Waals surface area contributed by atoms with E-state index in [1.54, 1.807) is 23.5 Å². The van der Waals surface area contributed by atoms with Crippen LogP contribution in [0.4, 0.5) is 4.39 Å². The molecule has 3 aromatic rings. The second kappa shape index (κ2) is 6.87. The molecule has 2 aromatic heterocycles. The maximum absolute atomic E-state index is 14.1. The lowest BCUT2D eigenvalue weighted by Gasteiger charge is -2.32. The van der Waals surface area contributed by atoms with Crippen LogP contribution in [0.5, 0.6) is 0 Å². The lowest BCUT2D eigenvalue weighted by Crippen LogP contribution is -2.36. The third-order valence-corrected chi connectivity index (χ3v) is 5.37. The highest BCUT2D eigenvalue weighted by atomic mass is 32.1. The summed E-state index contributed by atoms with van der Waals surface area (Å²) in [6.45, 7) is 2.68. The third kappa shape index (κ3) is 3.28. The van der Waals surface area contributed by atoms with Gasteiger partial charge in [0.25, 0.3) is 0 Å². The van der Waals surface area contributed by atoms with Crippen LogP contribution in [-0.2, 0) is 6.67 Å². The second-order valence-electron chi connectivity index (χ2n) is 6.36. The van der Waals surface area contributed by atoms with Crippen molar-refractivity contribution in [3.63, 3.8) is 0 Å². The van der Waals surface area contributed by atoms with E-state index in [1.807, 2.05) is 23.0 Å². The molecule has 0 amide bonds. The molecule has 1 aromatic carbocycles. The van der Waals surface area contributed by atoms with E-state index in [0.717, 1.165) is 43.7 Å². The van der Waals surface area contributed by atoms with Gasteiger partial charge >= 0.3 is 0 Å². The summed E-state index contributed by atoms with van der Waals surface area (Å²) in [6.07, 6.45) is 6.16. The van der Waals surface area contributed by atoms with Gasteiger partial charge in [0.15, 0.2) is 0 Å². The maximum Gasteiger partial charge on any atom is 0.126 e. The van der Waals surface area contributed by atoms with Crippen molar-refractivity contribution in [2.75, 3.05) is 13.1 Å². The van der Waals surface area contributed by atoms with Crippen LogP contribution in [0.15, 0.2) is 53.5 Å². The highest BCUT2D eigenvalue weighted by Crippen LogP contribution is 2.29. The molecular weight excluding hydrogens is 321 g/mol. The van der Waals surface area contributed by atoms with Crippen molar-refractivity contribution < 1.29 is 4.39 Å². The first-order valence-electron chi connectivity index (χ1n) is 8.31. The van der Waals surface area contributed by atoms with Gasteiger partial charge in [0.1, 0.15) is 5.82 Å². The Morgan fingerprint density at radius 1 is 1.21 bits per heavy atom. The van der Waals surface area contributed by atoms with Crippen molar-refractivity contribution in [3.8, 4) is 11.1 Å². The zero-order valence-electron chi connectivity index (χ0n) is 13.4. The first-order valence-corrected chi connectivity index (χ1v) is 9.26. The van der Waals surface area contributed by atoms with Crippen molar-refractivity contribution in [1.29, 1.82) is 0 Å². The van der Waals surface area contributed by atoms with E-state index in [4.69, 9.17) is 0 Å². The molecule has 3 heterocycles. The number of hydrogen-bond acceptors (Lipinski definition) is 3. The number of rotatable bonds is 4. The molecule has 0 N–H and O–H groups in total. The minimum atomic E-state index is -0.0804. The molecule has 24 heavy (non-hydrogen) atoms. The lowest BCUT2D eigenvalue weighted by molar-refractivity contribution is 0.156. The van der Waals surface area contributed by atoms with Crippen molar-refractivity contribution in [2.45, 2.75) is 25.4 Å². The predicted molar refractivity (Wildman–Crippen MR) is 95.5 cm³/mol. The van der Waals surface area contributed by atoms with Crippen LogP contribution in [0.3, 0.4) is 0 Å². The smallest absolute Gasteiger partial charge is 0.126 e. The Hall–Kier alpha value is -1.98. The molecule has 1 saturated heterocycles. The summed E-state index contributed by atoms with van der Waals surface area (Å²) < 4.78 is 16.0. The summed E-state index contributed by atoms with van der Waals surface area (Å²) in [5.41, 5.74) is 3.22. The van der Waals surface area contributed by atoms with Gasteiger partial charge in [0.05, 0.1) is 12.9 Å². The van der Waals surface area contributed by atoms with Crippen LogP contribution in [-0.4, -0.2) is 27.8 Å². The molecule has 124 valence electrons. The number of thiophene rings is 1. The topological polar surface area (TPSA) is 21.1 Å². The van der Waals surface area contributed by atoms with Gasteiger partial charge in [-0.15, -0.1) is 0 Å². The number of piperidine rings is 1. The highest BCUT2D eigenvalue weighted by Gasteiger charge is 2.23. The zero-order valence-corrected chi connectivity index (χ0v) is 14.3. The quantitative estimate of drug-likeness (QED) is 0.692. The summed E-state index contributed by atoms with van der Waals surface area (Å²) in [7, 11) is 0. The average molecular weight is 341 g/mol. The van der Waals surface area contributed by atoms with Gasteiger partial charge in [0.2, 0.25) is 0 Å². The molecular formula is C19H20FN3S. The fourth-order valence-corrected chi connectivity index (χ4v) is 4.13. The largest absolute Gasteiger partial charge is 0.284 e. The van der Waals surface area contributed by atoms with Crippen molar-refractivity contribution in [1.82, 2.24) is 14.7 Å². The van der Waals surface area contributed by atoms with Crippen molar-refractivity contribution >= 4 is 11.3 Å². The van der Waals surface area contributed by atoms with Crippen LogP contribution in [0.2, 0.25) is 0 Å². The maximum atomic E-state index is 14.1. The summed E-state index contributed by atoms with van der Waals surface area (Å²) in [5, 5.41) is 8.70. The van der Waals surface area contributed by atoms with Crippen LogP contribution >= 0.6 is 11.3 Å². The molecule has 0 radical (unpaired) electrons. The Balaban J connectivity index is 1.44. The zero-order chi connectivity index (χ0) is 16.4. The number of benzene rings is 1. The number of hydrogen-bond donors (Lipinski definition) is 0. The minimum Gasteiger partial charge on any atom is -0.284 e. The first kappa shape index (κ1) is 15.5. The van der Waals surface area contributed by atoms with E-state index in [9.17, 15) is 4.39 Å². The van der Waals surface area contributed by atoms with Gasteiger partial charge in [-0.2, -0.15) is 16.4 Å². The second-order valence-corrected chi connectivity index (χ2v) is 7.14. The summed E-state index contributed by atoms with van der Waals surface area (Å²) in [4.78, 5) is 2.37. The molecule has 1 atom stereocenters. The Labute approximate surface area is 145 Å². The minimum absolute atomic E-state index is 0.0804. The standard InChI is InChI=1S/C19H20FN3S/c20-19-6-2-1-5-18(19)15-4-3-8-22(11-15)14-23-12-17(10-21-23)16-7-9-24-13-16/h1-2,5-7,9-10,12-13,15H,3-4,8,11,14H2. The normalized spacial score (nSPS) is 18.8. The molecule has 0 aliphatic carbocycles. The van der Waals surface area contributed by atoms with E-state index in [-0.39, 0.29) is 11.7 Å². The van der Waals surface area contributed by atoms with Gasteiger partial charge in [-0.05, 0) is 59.3 Å². The van der Waals surface area contributed by atoms with Gasteiger partial charge < -0.3 is 0 Å². The van der Waals surface area contributed by atoms with Crippen LogP contribution in [0, 0.1) is 5.82 Å². The molecule has 4 rings (SSSR count). The Bertz CT molecular complexity index is 797. The fraction of sp³-hybridized carbons (Fsp3) is 0.316. The van der Waals surface area contributed by atoms with Crippen molar-refractivity contribution in [3.05, 3.63) is 64.9 Å².